The molecule has 3 aromatic rings. The number of benzene rings is 1. The van der Waals surface area contributed by atoms with Gasteiger partial charge in [0.05, 0.1) is 30.1 Å². The molecule has 2 aromatic heterocycles. The van der Waals surface area contributed by atoms with Gasteiger partial charge in [-0.2, -0.15) is 10.4 Å². The van der Waals surface area contributed by atoms with Crippen LogP contribution in [0, 0.1) is 28.4 Å². The highest BCUT2D eigenvalue weighted by Gasteiger charge is 2.34. The van der Waals surface area contributed by atoms with Crippen molar-refractivity contribution >= 4 is 5.69 Å². The fourth-order valence-electron chi connectivity index (χ4n) is 3.66. The number of hydrogen-bond donors (Lipinski definition) is 1. The number of ether oxygens (including phenoxy) is 2. The van der Waals surface area contributed by atoms with Gasteiger partial charge in [0.15, 0.2) is 0 Å². The molecule has 2 N–H and O–H groups in total. The molecule has 11 nitrogen and oxygen atoms in total. The van der Waals surface area contributed by atoms with Gasteiger partial charge in [0.1, 0.15) is 41.3 Å². The van der Waals surface area contributed by atoms with Crippen LogP contribution in [0.3, 0.4) is 0 Å². The van der Waals surface area contributed by atoms with Gasteiger partial charge >= 0.3 is 11.3 Å². The van der Waals surface area contributed by atoms with Gasteiger partial charge in [0.25, 0.3) is 0 Å². The number of aryl methyl sites for hydroxylation is 1. The number of aromatic nitrogens is 2. The number of hydrogen-bond acceptors (Lipinski definition) is 9. The molecular weight excluding hydrogens is 418 g/mol. The van der Waals surface area contributed by atoms with Gasteiger partial charge in [-0.3, -0.25) is 14.8 Å². The average Bonchev–Trinajstić information content (AvgIpc) is 3.21. The molecule has 1 aromatic carbocycles. The Balaban J connectivity index is 1.84. The predicted octanol–water partition coefficient (Wildman–Crippen LogP) is 2.33. The third-order valence-electron chi connectivity index (χ3n) is 5.06. The predicted molar refractivity (Wildman–Crippen MR) is 110 cm³/mol. The lowest BCUT2D eigenvalue weighted by Crippen LogP contribution is -2.26. The third kappa shape index (κ3) is 3.54. The number of rotatable bonds is 5. The Morgan fingerprint density at radius 2 is 2.19 bits per heavy atom. The smallest absolute Gasteiger partial charge is 0.343 e. The molecule has 0 saturated carbocycles. The maximum atomic E-state index is 12.7. The first-order valence-corrected chi connectivity index (χ1v) is 9.38. The van der Waals surface area contributed by atoms with Crippen molar-refractivity contribution in [1.82, 2.24) is 9.78 Å². The zero-order valence-corrected chi connectivity index (χ0v) is 17.1. The van der Waals surface area contributed by atoms with Crippen molar-refractivity contribution in [2.45, 2.75) is 19.4 Å². The van der Waals surface area contributed by atoms with Crippen LogP contribution in [0.1, 0.15) is 28.4 Å². The highest BCUT2D eigenvalue weighted by molar-refractivity contribution is 5.56. The van der Waals surface area contributed by atoms with Crippen LogP contribution < -0.4 is 20.8 Å². The largest absolute Gasteiger partial charge is 0.496 e. The van der Waals surface area contributed by atoms with Crippen molar-refractivity contribution in [2.75, 3.05) is 7.11 Å². The molecule has 1 aliphatic rings. The minimum absolute atomic E-state index is 0.0690. The normalized spacial score (nSPS) is 15.0. The Morgan fingerprint density at radius 3 is 2.84 bits per heavy atom. The van der Waals surface area contributed by atoms with Gasteiger partial charge in [-0.25, -0.2) is 4.79 Å². The number of nitrogens with two attached hydrogens (primary N) is 1. The fourth-order valence-corrected chi connectivity index (χ4v) is 3.66. The topological polar surface area (TPSA) is 159 Å². The molecule has 1 aliphatic heterocycles. The Morgan fingerprint density at radius 1 is 1.41 bits per heavy atom. The first kappa shape index (κ1) is 20.7. The molecule has 0 aliphatic carbocycles. The summed E-state index contributed by atoms with van der Waals surface area (Å²) in [6.07, 6.45) is 2.45. The number of nitro groups is 1. The fraction of sp³-hybridized carbons (Fsp3) is 0.190. The van der Waals surface area contributed by atoms with Crippen LogP contribution in [-0.4, -0.2) is 21.8 Å². The maximum absolute atomic E-state index is 12.7. The lowest BCUT2D eigenvalue weighted by atomic mass is 9.83. The molecule has 162 valence electrons. The standard InChI is InChI=1S/C21H17N5O6/c1-11-5-17-19(21(27)31-11)18(15(7-22)20(23)32-17)12-3-4-16(30-2)13(6-12)9-25-10-14(8-24-25)26(28)29/h3-6,8,10,18H,9,23H2,1-2H3/t18-/m0/s1. The van der Waals surface area contributed by atoms with Crippen LogP contribution in [0.15, 0.2) is 57.3 Å². The molecule has 0 spiro atoms. The van der Waals surface area contributed by atoms with Gasteiger partial charge < -0.3 is 19.6 Å². The molecule has 0 unspecified atom stereocenters. The van der Waals surface area contributed by atoms with Gasteiger partial charge in [-0.15, -0.1) is 0 Å². The molecule has 3 heterocycles. The van der Waals surface area contributed by atoms with Crippen LogP contribution in [0.2, 0.25) is 0 Å². The molecule has 32 heavy (non-hydrogen) atoms. The average molecular weight is 435 g/mol. The first-order valence-electron chi connectivity index (χ1n) is 9.38. The lowest BCUT2D eigenvalue weighted by molar-refractivity contribution is -0.385. The van der Waals surface area contributed by atoms with Gasteiger partial charge in [-0.1, -0.05) is 6.07 Å². The van der Waals surface area contributed by atoms with Crippen molar-refractivity contribution in [2.24, 2.45) is 5.73 Å². The minimum atomic E-state index is -0.822. The number of nitrogens with zero attached hydrogens (tertiary/aromatic N) is 4. The second kappa shape index (κ2) is 7.92. The van der Waals surface area contributed by atoms with Crippen molar-refractivity contribution in [3.05, 3.63) is 91.1 Å². The van der Waals surface area contributed by atoms with Crippen molar-refractivity contribution in [3.63, 3.8) is 0 Å². The van der Waals surface area contributed by atoms with Crippen molar-refractivity contribution < 1.29 is 18.8 Å². The molecule has 11 heteroatoms. The van der Waals surface area contributed by atoms with Gasteiger partial charge in [-0.05, 0) is 24.6 Å². The summed E-state index contributed by atoms with van der Waals surface area (Å²) in [5.41, 5.74) is 6.63. The van der Waals surface area contributed by atoms with E-state index in [0.29, 0.717) is 22.6 Å². The van der Waals surface area contributed by atoms with Crippen LogP contribution in [0.4, 0.5) is 5.69 Å². The Labute approximate surface area is 181 Å². The highest BCUT2D eigenvalue weighted by atomic mass is 16.6. The summed E-state index contributed by atoms with van der Waals surface area (Å²) in [4.78, 5) is 23.1. The monoisotopic (exact) mass is 435 g/mol. The highest BCUT2D eigenvalue weighted by Crippen LogP contribution is 2.41. The van der Waals surface area contributed by atoms with Crippen LogP contribution in [0.25, 0.3) is 0 Å². The Kier molecular flexibility index (Phi) is 5.11. The molecule has 4 rings (SSSR count). The SMILES string of the molecule is COc1ccc([C@H]2C(C#N)=C(N)Oc3cc(C)oc(=O)c32)cc1Cn1cc([N+](=O)[O-])cn1. The molecule has 0 bridgehead atoms. The summed E-state index contributed by atoms with van der Waals surface area (Å²) in [5.74, 6) is 0.148. The van der Waals surface area contributed by atoms with Crippen LogP contribution in [-0.2, 0) is 6.54 Å². The van der Waals surface area contributed by atoms with E-state index >= 15 is 0 Å². The molecular formula is C21H17N5O6. The molecule has 0 fully saturated rings. The van der Waals surface area contributed by atoms with Crippen LogP contribution >= 0.6 is 0 Å². The zero-order chi connectivity index (χ0) is 23.0. The second-order valence-corrected chi connectivity index (χ2v) is 7.07. The van der Waals surface area contributed by atoms with E-state index in [2.05, 4.69) is 5.10 Å². The summed E-state index contributed by atoms with van der Waals surface area (Å²) in [5, 5.41) is 24.7. The van der Waals surface area contributed by atoms with Crippen molar-refractivity contribution in [1.29, 1.82) is 5.26 Å². The summed E-state index contributed by atoms with van der Waals surface area (Å²) >= 11 is 0. The van der Waals surface area contributed by atoms with E-state index in [9.17, 15) is 20.2 Å². The lowest BCUT2D eigenvalue weighted by Gasteiger charge is -2.25. The number of methoxy groups -OCH3 is 1. The van der Waals surface area contributed by atoms with Crippen LogP contribution in [0.5, 0.6) is 11.5 Å². The molecule has 1 atom stereocenters. The van der Waals surface area contributed by atoms with E-state index in [1.165, 1.54) is 24.1 Å². The molecule has 0 radical (unpaired) electrons. The number of fused-ring (bicyclic) bond motifs is 1. The third-order valence-corrected chi connectivity index (χ3v) is 5.06. The van der Waals surface area contributed by atoms with E-state index in [1.54, 1.807) is 25.1 Å². The summed E-state index contributed by atoms with van der Waals surface area (Å²) in [6.45, 7) is 1.76. The van der Waals surface area contributed by atoms with Gasteiger partial charge in [0, 0.05) is 11.6 Å². The summed E-state index contributed by atoms with van der Waals surface area (Å²) in [7, 11) is 1.49. The number of allylic oxidation sites excluding steroid dienone is 1. The van der Waals surface area contributed by atoms with E-state index in [0.717, 1.165) is 6.20 Å². The van der Waals surface area contributed by atoms with E-state index in [-0.39, 0.29) is 35.0 Å². The van der Waals surface area contributed by atoms with E-state index in [1.807, 2.05) is 6.07 Å². The van der Waals surface area contributed by atoms with E-state index < -0.39 is 16.5 Å². The second-order valence-electron chi connectivity index (χ2n) is 7.07. The van der Waals surface area contributed by atoms with E-state index in [4.69, 9.17) is 19.6 Å². The number of nitriles is 1. The Hall–Kier alpha value is -4.59. The zero-order valence-electron chi connectivity index (χ0n) is 17.1. The maximum Gasteiger partial charge on any atom is 0.343 e. The first-order chi connectivity index (χ1) is 15.3. The van der Waals surface area contributed by atoms with Gasteiger partial charge in [0.2, 0.25) is 5.88 Å². The summed E-state index contributed by atoms with van der Waals surface area (Å²) in [6, 6.07) is 8.68. The quantitative estimate of drug-likeness (QED) is 0.468. The minimum Gasteiger partial charge on any atom is -0.496 e. The van der Waals surface area contributed by atoms with Crippen molar-refractivity contribution in [3.8, 4) is 17.6 Å². The Bertz CT molecular complexity index is 1360. The summed E-state index contributed by atoms with van der Waals surface area (Å²) < 4.78 is 17.6. The molecule has 0 amide bonds. The molecule has 0 saturated heterocycles.